The van der Waals surface area contributed by atoms with Gasteiger partial charge in [-0.15, -0.1) is 0 Å². The van der Waals surface area contributed by atoms with Gasteiger partial charge in [0, 0.05) is 23.0 Å². The first-order valence-corrected chi connectivity index (χ1v) is 11.9. The Morgan fingerprint density at radius 1 is 1.06 bits per heavy atom. The van der Waals surface area contributed by atoms with E-state index < -0.39 is 18.6 Å². The van der Waals surface area contributed by atoms with Gasteiger partial charge in [-0.3, -0.25) is 4.79 Å². The number of rotatable bonds is 6. The zero-order chi connectivity index (χ0) is 23.8. The minimum atomic E-state index is -1.06. The fourth-order valence-electron chi connectivity index (χ4n) is 5.09. The largest absolute Gasteiger partial charge is 0.482 e. The summed E-state index contributed by atoms with van der Waals surface area (Å²) in [6.07, 6.45) is 1.61. The Bertz CT molecular complexity index is 1260. The van der Waals surface area contributed by atoms with Crippen molar-refractivity contribution in [2.45, 2.75) is 31.7 Å². The van der Waals surface area contributed by atoms with E-state index in [0.29, 0.717) is 22.9 Å². The van der Waals surface area contributed by atoms with Gasteiger partial charge in [-0.2, -0.15) is 0 Å². The van der Waals surface area contributed by atoms with Crippen LogP contribution in [0.1, 0.15) is 46.2 Å². The van der Waals surface area contributed by atoms with Crippen molar-refractivity contribution in [3.63, 3.8) is 0 Å². The highest BCUT2D eigenvalue weighted by molar-refractivity contribution is 6.30. The van der Waals surface area contributed by atoms with E-state index in [0.717, 1.165) is 18.4 Å². The fraction of sp³-hybridized carbons (Fsp3) is 0.286. The predicted octanol–water partition coefficient (Wildman–Crippen LogP) is 5.39. The van der Waals surface area contributed by atoms with Crippen molar-refractivity contribution in [1.82, 2.24) is 4.90 Å². The van der Waals surface area contributed by atoms with Crippen LogP contribution in [0.4, 0.5) is 0 Å². The third-order valence-corrected chi connectivity index (χ3v) is 7.00. The molecule has 1 heterocycles. The van der Waals surface area contributed by atoms with Crippen molar-refractivity contribution in [2.24, 2.45) is 5.92 Å². The van der Waals surface area contributed by atoms with Gasteiger partial charge in [0.15, 0.2) is 6.61 Å². The van der Waals surface area contributed by atoms with E-state index >= 15 is 0 Å². The molecule has 2 aliphatic rings. The molecular formula is C28H26ClNO4. The van der Waals surface area contributed by atoms with Gasteiger partial charge in [-0.1, -0.05) is 65.7 Å². The molecule has 3 unspecified atom stereocenters. The molecule has 174 valence electrons. The first-order valence-electron chi connectivity index (χ1n) is 11.5. The number of nitrogens with zero attached hydrogens (tertiary/aromatic N) is 1. The highest BCUT2D eigenvalue weighted by Crippen LogP contribution is 2.51. The van der Waals surface area contributed by atoms with Gasteiger partial charge in [0.05, 0.1) is 6.04 Å². The monoisotopic (exact) mass is 475 g/mol. The van der Waals surface area contributed by atoms with Crippen molar-refractivity contribution >= 4 is 23.5 Å². The molecule has 3 aromatic carbocycles. The minimum absolute atomic E-state index is 0.0582. The van der Waals surface area contributed by atoms with E-state index in [1.807, 2.05) is 29.2 Å². The van der Waals surface area contributed by atoms with E-state index in [-0.39, 0.29) is 17.7 Å². The lowest BCUT2D eigenvalue weighted by atomic mass is 9.87. The van der Waals surface area contributed by atoms with Crippen LogP contribution in [0.3, 0.4) is 0 Å². The Kier molecular flexibility index (Phi) is 6.05. The molecule has 6 heteroatoms. The number of amides is 1. The Balaban J connectivity index is 1.52. The molecule has 1 aliphatic heterocycles. The molecular weight excluding hydrogens is 450 g/mol. The van der Waals surface area contributed by atoms with Gasteiger partial charge in [-0.25, -0.2) is 4.79 Å². The summed E-state index contributed by atoms with van der Waals surface area (Å²) in [5.41, 5.74) is 5.31. The summed E-state index contributed by atoms with van der Waals surface area (Å²) in [7, 11) is 0. The Hall–Kier alpha value is -3.31. The first kappa shape index (κ1) is 22.5. The molecule has 1 amide bonds. The van der Waals surface area contributed by atoms with Crippen molar-refractivity contribution < 1.29 is 19.4 Å². The number of carbonyl (C=O) groups excluding carboxylic acids is 1. The topological polar surface area (TPSA) is 66.8 Å². The maximum absolute atomic E-state index is 13.8. The molecule has 0 saturated heterocycles. The van der Waals surface area contributed by atoms with E-state index in [4.69, 9.17) is 21.4 Å². The molecule has 5 rings (SSSR count). The standard InChI is InChI=1S/C28H26ClNO4/c1-17-5-4-7-19(13-17)22-15-23(22)28(33)30-12-11-18-6-2-3-8-21(18)27(30)24-14-20(29)9-10-25(24)34-16-26(31)32/h2-10,13-14,22-23,27H,11-12,15-16H2,1H3,(H,31,32). The van der Waals surface area contributed by atoms with E-state index in [1.165, 1.54) is 16.7 Å². The second kappa shape index (κ2) is 9.15. The summed E-state index contributed by atoms with van der Waals surface area (Å²) < 4.78 is 5.63. The van der Waals surface area contributed by atoms with Crippen molar-refractivity contribution in [1.29, 1.82) is 0 Å². The quantitative estimate of drug-likeness (QED) is 0.519. The summed E-state index contributed by atoms with van der Waals surface area (Å²) in [5, 5.41) is 9.66. The lowest BCUT2D eigenvalue weighted by Crippen LogP contribution is -2.41. The van der Waals surface area contributed by atoms with Crippen molar-refractivity contribution in [3.8, 4) is 5.75 Å². The van der Waals surface area contributed by atoms with Crippen molar-refractivity contribution in [3.05, 3.63) is 99.6 Å². The van der Waals surface area contributed by atoms with Crippen LogP contribution in [-0.4, -0.2) is 35.0 Å². The summed E-state index contributed by atoms with van der Waals surface area (Å²) >= 11 is 6.37. The van der Waals surface area contributed by atoms with E-state index in [2.05, 4.69) is 31.2 Å². The van der Waals surface area contributed by atoms with E-state index in [9.17, 15) is 9.59 Å². The van der Waals surface area contributed by atoms with Crippen molar-refractivity contribution in [2.75, 3.05) is 13.2 Å². The van der Waals surface area contributed by atoms with Gasteiger partial charge < -0.3 is 14.7 Å². The molecule has 0 spiro atoms. The average molecular weight is 476 g/mol. The number of benzene rings is 3. The smallest absolute Gasteiger partial charge is 0.341 e. The number of carboxylic acid groups (broad SMARTS) is 1. The highest BCUT2D eigenvalue weighted by atomic mass is 35.5. The second-order valence-corrected chi connectivity index (χ2v) is 9.55. The summed E-state index contributed by atoms with van der Waals surface area (Å²) in [4.78, 5) is 27.0. The summed E-state index contributed by atoms with van der Waals surface area (Å²) in [6.45, 7) is 2.19. The van der Waals surface area contributed by atoms with Crippen LogP contribution in [0.15, 0.2) is 66.7 Å². The number of aryl methyl sites for hydroxylation is 1. The minimum Gasteiger partial charge on any atom is -0.482 e. The summed E-state index contributed by atoms with van der Waals surface area (Å²) in [6, 6.07) is 21.2. The number of hydrogen-bond acceptors (Lipinski definition) is 3. The van der Waals surface area contributed by atoms with Crippen LogP contribution in [0.25, 0.3) is 0 Å². The lowest BCUT2D eigenvalue weighted by molar-refractivity contribution is -0.139. The van der Waals surface area contributed by atoms with Gasteiger partial charge in [0.25, 0.3) is 0 Å². The van der Waals surface area contributed by atoms with Crippen LogP contribution in [0.5, 0.6) is 5.75 Å². The number of carbonyl (C=O) groups is 2. The van der Waals surface area contributed by atoms with Crippen LogP contribution >= 0.6 is 11.6 Å². The second-order valence-electron chi connectivity index (χ2n) is 9.11. The Labute approximate surface area is 203 Å². The predicted molar refractivity (Wildman–Crippen MR) is 130 cm³/mol. The normalized spacial score (nSPS) is 21.0. The molecule has 0 bridgehead atoms. The maximum Gasteiger partial charge on any atom is 0.341 e. The zero-order valence-corrected chi connectivity index (χ0v) is 19.7. The van der Waals surface area contributed by atoms with Gasteiger partial charge in [0.1, 0.15) is 5.75 Å². The number of carboxylic acids is 1. The molecule has 1 saturated carbocycles. The van der Waals surface area contributed by atoms with Gasteiger partial charge >= 0.3 is 5.97 Å². The van der Waals surface area contributed by atoms with Crippen LogP contribution in [0, 0.1) is 12.8 Å². The van der Waals surface area contributed by atoms with Crippen LogP contribution in [0.2, 0.25) is 5.02 Å². The Morgan fingerprint density at radius 3 is 2.68 bits per heavy atom. The lowest BCUT2D eigenvalue weighted by Gasteiger charge is -2.38. The average Bonchev–Trinajstić information content (AvgIpc) is 3.63. The molecule has 5 nitrogen and oxygen atoms in total. The first-order chi connectivity index (χ1) is 16.4. The van der Waals surface area contributed by atoms with Crippen LogP contribution in [-0.2, 0) is 16.0 Å². The molecule has 3 aromatic rings. The summed E-state index contributed by atoms with van der Waals surface area (Å²) in [5.74, 6) is -0.339. The van der Waals surface area contributed by atoms with Gasteiger partial charge in [-0.05, 0) is 60.6 Å². The molecule has 0 radical (unpaired) electrons. The third-order valence-electron chi connectivity index (χ3n) is 6.76. The fourth-order valence-corrected chi connectivity index (χ4v) is 5.27. The number of hydrogen-bond donors (Lipinski definition) is 1. The maximum atomic E-state index is 13.8. The molecule has 34 heavy (non-hydrogen) atoms. The zero-order valence-electron chi connectivity index (χ0n) is 18.9. The Morgan fingerprint density at radius 2 is 1.88 bits per heavy atom. The SMILES string of the molecule is Cc1cccc(C2CC2C(=O)N2CCc3ccccc3C2c2cc(Cl)ccc2OCC(=O)O)c1. The third kappa shape index (κ3) is 4.40. The van der Waals surface area contributed by atoms with Crippen LogP contribution < -0.4 is 4.74 Å². The number of aliphatic carboxylic acids is 1. The number of halogens is 1. The molecule has 3 atom stereocenters. The number of fused-ring (bicyclic) bond motifs is 1. The molecule has 1 N–H and O–H groups in total. The molecule has 1 aliphatic carbocycles. The number of ether oxygens (including phenoxy) is 1. The van der Waals surface area contributed by atoms with E-state index in [1.54, 1.807) is 18.2 Å². The highest BCUT2D eigenvalue weighted by Gasteiger charge is 2.48. The molecule has 0 aromatic heterocycles. The molecule has 1 fully saturated rings. The van der Waals surface area contributed by atoms with Gasteiger partial charge in [0.2, 0.25) is 5.91 Å².